The van der Waals surface area contributed by atoms with Crippen LogP contribution in [0.5, 0.6) is 0 Å². The van der Waals surface area contributed by atoms with Gasteiger partial charge in [0, 0.05) is 12.1 Å². The minimum Gasteiger partial charge on any atom is -0.444 e. The molecule has 0 N–H and O–H groups in total. The molecule has 8 heteroatoms. The molecule has 2 rings (SSSR count). The Bertz CT molecular complexity index is 709. The minimum absolute atomic E-state index is 0.171. The van der Waals surface area contributed by atoms with Gasteiger partial charge in [-0.2, -0.15) is 4.80 Å². The highest BCUT2D eigenvalue weighted by Crippen LogP contribution is 2.15. The fourth-order valence-corrected chi connectivity index (χ4v) is 2.31. The molecule has 0 bridgehead atoms. The first-order valence-electron chi connectivity index (χ1n) is 8.23. The third-order valence-electron chi connectivity index (χ3n) is 3.48. The summed E-state index contributed by atoms with van der Waals surface area (Å²) in [4.78, 5) is 15.3. The van der Waals surface area contributed by atoms with Gasteiger partial charge in [0.2, 0.25) is 5.82 Å². The van der Waals surface area contributed by atoms with Crippen LogP contribution in [-0.4, -0.2) is 49.4 Å². The Hall–Kier alpha value is -2.51. The van der Waals surface area contributed by atoms with Crippen molar-refractivity contribution in [3.05, 3.63) is 30.1 Å². The van der Waals surface area contributed by atoms with Gasteiger partial charge in [-0.25, -0.2) is 9.18 Å². The number of rotatable bonds is 5. The van der Waals surface area contributed by atoms with E-state index >= 15 is 0 Å². The number of tetrazole rings is 1. The van der Waals surface area contributed by atoms with Crippen LogP contribution in [0.3, 0.4) is 0 Å². The molecule has 0 aliphatic heterocycles. The molecule has 1 atom stereocenters. The van der Waals surface area contributed by atoms with Crippen molar-refractivity contribution < 1.29 is 13.9 Å². The van der Waals surface area contributed by atoms with E-state index in [9.17, 15) is 9.18 Å². The van der Waals surface area contributed by atoms with Crippen molar-refractivity contribution in [2.24, 2.45) is 0 Å². The molecule has 0 saturated carbocycles. The predicted octanol–water partition coefficient (Wildman–Crippen LogP) is 3.12. The Kier molecular flexibility index (Phi) is 5.71. The van der Waals surface area contributed by atoms with Gasteiger partial charge in [-0.05, 0) is 64.1 Å². The lowest BCUT2D eigenvalue weighted by Gasteiger charge is -2.30. The minimum atomic E-state index is -0.550. The molecule has 2 aromatic rings. The first-order valence-corrected chi connectivity index (χ1v) is 8.23. The lowest BCUT2D eigenvalue weighted by molar-refractivity contribution is 0.0167. The lowest BCUT2D eigenvalue weighted by atomic mass is 10.2. The van der Waals surface area contributed by atoms with Crippen LogP contribution >= 0.6 is 0 Å². The molecule has 0 unspecified atom stereocenters. The van der Waals surface area contributed by atoms with Crippen molar-refractivity contribution in [2.75, 3.05) is 6.54 Å². The van der Waals surface area contributed by atoms with Gasteiger partial charge in [0.25, 0.3) is 0 Å². The Morgan fingerprint density at radius 1 is 1.32 bits per heavy atom. The fourth-order valence-electron chi connectivity index (χ4n) is 2.31. The van der Waals surface area contributed by atoms with E-state index in [1.165, 1.54) is 16.9 Å². The Balaban J connectivity index is 2.05. The predicted molar refractivity (Wildman–Crippen MR) is 91.3 cm³/mol. The van der Waals surface area contributed by atoms with Gasteiger partial charge in [-0.3, -0.25) is 0 Å². The van der Waals surface area contributed by atoms with Crippen LogP contribution in [0.25, 0.3) is 11.4 Å². The zero-order valence-corrected chi connectivity index (χ0v) is 15.2. The fraction of sp³-hybridized carbons (Fsp3) is 0.529. The van der Waals surface area contributed by atoms with Gasteiger partial charge in [0.1, 0.15) is 11.4 Å². The number of ether oxygens (including phenoxy) is 1. The molecule has 0 radical (unpaired) electrons. The monoisotopic (exact) mass is 349 g/mol. The summed E-state index contributed by atoms with van der Waals surface area (Å²) in [7, 11) is 0. The maximum atomic E-state index is 13.0. The summed E-state index contributed by atoms with van der Waals surface area (Å²) < 4.78 is 18.4. The second kappa shape index (κ2) is 7.58. The van der Waals surface area contributed by atoms with E-state index in [2.05, 4.69) is 15.4 Å². The van der Waals surface area contributed by atoms with Crippen molar-refractivity contribution in [1.82, 2.24) is 25.1 Å². The average molecular weight is 349 g/mol. The molecule has 1 aromatic carbocycles. The first-order chi connectivity index (χ1) is 11.7. The molecular formula is C17H24FN5O2. The molecule has 0 aliphatic rings. The van der Waals surface area contributed by atoms with Crippen LogP contribution in [0, 0.1) is 5.82 Å². The molecular weight excluding hydrogens is 325 g/mol. The quantitative estimate of drug-likeness (QED) is 0.829. The van der Waals surface area contributed by atoms with E-state index in [1.54, 1.807) is 17.0 Å². The number of hydrogen-bond acceptors (Lipinski definition) is 5. The van der Waals surface area contributed by atoms with Crippen molar-refractivity contribution in [3.8, 4) is 11.4 Å². The van der Waals surface area contributed by atoms with Gasteiger partial charge in [0.05, 0.1) is 12.6 Å². The number of halogens is 1. The molecule has 0 fully saturated rings. The van der Waals surface area contributed by atoms with Gasteiger partial charge >= 0.3 is 6.09 Å². The summed E-state index contributed by atoms with van der Waals surface area (Å²) in [5.74, 6) is 0.0910. The lowest BCUT2D eigenvalue weighted by Crippen LogP contribution is -2.44. The number of nitrogens with zero attached hydrogens (tertiary/aromatic N) is 5. The third-order valence-corrected chi connectivity index (χ3v) is 3.48. The molecule has 0 saturated heterocycles. The topological polar surface area (TPSA) is 73.1 Å². The van der Waals surface area contributed by atoms with Crippen molar-refractivity contribution in [1.29, 1.82) is 0 Å². The Labute approximate surface area is 146 Å². The molecule has 0 aliphatic carbocycles. The molecule has 7 nitrogen and oxygen atoms in total. The molecule has 0 spiro atoms. The van der Waals surface area contributed by atoms with Gasteiger partial charge in [0.15, 0.2) is 0 Å². The third kappa shape index (κ3) is 5.23. The Morgan fingerprint density at radius 3 is 2.52 bits per heavy atom. The number of aromatic nitrogens is 4. The number of hydrogen-bond donors (Lipinski definition) is 0. The van der Waals surface area contributed by atoms with E-state index in [4.69, 9.17) is 4.74 Å². The maximum absolute atomic E-state index is 13.0. The summed E-state index contributed by atoms with van der Waals surface area (Å²) in [5.41, 5.74) is 0.130. The number of amides is 1. The van der Waals surface area contributed by atoms with E-state index < -0.39 is 5.60 Å². The van der Waals surface area contributed by atoms with E-state index in [0.717, 1.165) is 0 Å². The zero-order valence-electron chi connectivity index (χ0n) is 15.2. The summed E-state index contributed by atoms with van der Waals surface area (Å²) in [6.07, 6.45) is -0.374. The van der Waals surface area contributed by atoms with Crippen LogP contribution in [0.4, 0.5) is 9.18 Å². The highest BCUT2D eigenvalue weighted by Gasteiger charge is 2.25. The van der Waals surface area contributed by atoms with E-state index in [-0.39, 0.29) is 18.0 Å². The summed E-state index contributed by atoms with van der Waals surface area (Å²) >= 11 is 0. The molecule has 25 heavy (non-hydrogen) atoms. The van der Waals surface area contributed by atoms with Crippen LogP contribution < -0.4 is 0 Å². The molecule has 136 valence electrons. The highest BCUT2D eigenvalue weighted by atomic mass is 19.1. The molecule has 1 heterocycles. The second-order valence-electron chi connectivity index (χ2n) is 6.79. The van der Waals surface area contributed by atoms with Gasteiger partial charge in [-0.1, -0.05) is 0 Å². The standard InChI is InChI=1S/C17H24FN5O2/c1-6-22(16(24)25-17(3,4)5)12(2)11-23-20-15(19-21-23)13-7-9-14(18)10-8-13/h7-10,12H,6,11H2,1-5H3/t12-/m0/s1. The molecule has 1 aromatic heterocycles. The largest absolute Gasteiger partial charge is 0.444 e. The summed E-state index contributed by atoms with van der Waals surface area (Å²) in [5, 5.41) is 12.3. The second-order valence-corrected chi connectivity index (χ2v) is 6.79. The van der Waals surface area contributed by atoms with Crippen molar-refractivity contribution in [2.45, 2.75) is 52.8 Å². The number of carbonyl (C=O) groups excluding carboxylic acids is 1. The highest BCUT2D eigenvalue weighted by molar-refractivity contribution is 5.68. The van der Waals surface area contributed by atoms with E-state index in [0.29, 0.717) is 24.5 Å². The normalized spacial score (nSPS) is 12.7. The average Bonchev–Trinajstić information content (AvgIpc) is 2.95. The molecule has 1 amide bonds. The Morgan fingerprint density at radius 2 is 1.96 bits per heavy atom. The van der Waals surface area contributed by atoms with Crippen LogP contribution in [0.15, 0.2) is 24.3 Å². The van der Waals surface area contributed by atoms with Crippen molar-refractivity contribution in [3.63, 3.8) is 0 Å². The van der Waals surface area contributed by atoms with Crippen LogP contribution in [0.1, 0.15) is 34.6 Å². The van der Waals surface area contributed by atoms with Crippen molar-refractivity contribution >= 4 is 6.09 Å². The number of likely N-dealkylation sites (N-methyl/N-ethyl adjacent to an activating group) is 1. The summed E-state index contributed by atoms with van der Waals surface area (Å²) in [6, 6.07) is 5.72. The van der Waals surface area contributed by atoms with Crippen LogP contribution in [-0.2, 0) is 11.3 Å². The SMILES string of the molecule is CCN(C(=O)OC(C)(C)C)[C@@H](C)Cn1nnc(-c2ccc(F)cc2)n1. The summed E-state index contributed by atoms with van der Waals surface area (Å²) in [6.45, 7) is 10.2. The zero-order chi connectivity index (χ0) is 18.6. The van der Waals surface area contributed by atoms with Gasteiger partial charge in [-0.15, -0.1) is 10.2 Å². The number of benzene rings is 1. The first kappa shape index (κ1) is 18.8. The smallest absolute Gasteiger partial charge is 0.410 e. The maximum Gasteiger partial charge on any atom is 0.410 e. The van der Waals surface area contributed by atoms with Gasteiger partial charge < -0.3 is 9.64 Å². The number of carbonyl (C=O) groups is 1. The van der Waals surface area contributed by atoms with E-state index in [1.807, 2.05) is 34.6 Å². The van der Waals surface area contributed by atoms with Crippen LogP contribution in [0.2, 0.25) is 0 Å².